The molecule has 1 amide bonds. The number of hydrogen-bond acceptors (Lipinski definition) is 7. The number of nitrogens with two attached hydrogens (primary N) is 2. The summed E-state index contributed by atoms with van der Waals surface area (Å²) < 4.78 is 0. The summed E-state index contributed by atoms with van der Waals surface area (Å²) in [4.78, 5) is 21.8. The van der Waals surface area contributed by atoms with Gasteiger partial charge in [-0.3, -0.25) is 4.79 Å². The predicted octanol–water partition coefficient (Wildman–Crippen LogP) is -0.835. The lowest BCUT2D eigenvalue weighted by molar-refractivity contribution is -0.128. The van der Waals surface area contributed by atoms with Gasteiger partial charge in [0.2, 0.25) is 5.91 Å². The van der Waals surface area contributed by atoms with Gasteiger partial charge in [-0.15, -0.1) is 0 Å². The van der Waals surface area contributed by atoms with E-state index in [9.17, 15) is 4.79 Å². The minimum absolute atomic E-state index is 0.0890. The van der Waals surface area contributed by atoms with Crippen molar-refractivity contribution in [3.63, 3.8) is 0 Å². The second-order valence-corrected chi connectivity index (χ2v) is 4.86. The number of hydrogen-bond donors (Lipinski definition) is 3. The van der Waals surface area contributed by atoms with E-state index in [-0.39, 0.29) is 5.91 Å². The minimum Gasteiger partial charge on any atom is -0.383 e. The molecule has 0 atom stereocenters. The van der Waals surface area contributed by atoms with Crippen LogP contribution < -0.4 is 16.8 Å². The van der Waals surface area contributed by atoms with E-state index in [1.807, 2.05) is 4.90 Å². The molecule has 0 aliphatic carbocycles. The zero-order valence-electron chi connectivity index (χ0n) is 9.93. The van der Waals surface area contributed by atoms with Gasteiger partial charge in [0.25, 0.3) is 0 Å². The van der Waals surface area contributed by atoms with Crippen molar-refractivity contribution in [2.45, 2.75) is 5.16 Å². The summed E-state index contributed by atoms with van der Waals surface area (Å²) in [7, 11) is 0. The quantitative estimate of drug-likeness (QED) is 0.484. The third-order valence-electron chi connectivity index (χ3n) is 2.54. The number of aromatic nitrogens is 2. The number of carbonyl (C=O) groups excluding carboxylic acids is 1. The van der Waals surface area contributed by atoms with E-state index in [1.165, 1.54) is 17.8 Å². The van der Waals surface area contributed by atoms with E-state index in [0.29, 0.717) is 22.5 Å². The SMILES string of the molecule is Nc1cc(N)nc(SCC(=O)N2CCNCC2)n1. The molecule has 1 saturated heterocycles. The number of anilines is 2. The molecule has 0 unspecified atom stereocenters. The Hall–Kier alpha value is -1.54. The van der Waals surface area contributed by atoms with Gasteiger partial charge in [0.15, 0.2) is 5.16 Å². The summed E-state index contributed by atoms with van der Waals surface area (Å²) in [5, 5.41) is 3.64. The Balaban J connectivity index is 1.88. The number of rotatable bonds is 3. The summed E-state index contributed by atoms with van der Waals surface area (Å²) in [6.45, 7) is 3.19. The number of nitrogens with one attached hydrogen (secondary N) is 1. The molecule has 0 bridgehead atoms. The third kappa shape index (κ3) is 3.47. The summed E-state index contributed by atoms with van der Waals surface area (Å²) >= 11 is 1.26. The Labute approximate surface area is 109 Å². The van der Waals surface area contributed by atoms with E-state index < -0.39 is 0 Å². The molecule has 18 heavy (non-hydrogen) atoms. The van der Waals surface area contributed by atoms with Crippen LogP contribution >= 0.6 is 11.8 Å². The van der Waals surface area contributed by atoms with Crippen molar-refractivity contribution in [1.29, 1.82) is 0 Å². The maximum atomic E-state index is 11.9. The van der Waals surface area contributed by atoms with Crippen molar-refractivity contribution in [2.75, 3.05) is 43.4 Å². The predicted molar refractivity (Wildman–Crippen MR) is 71.0 cm³/mol. The molecular formula is C10H16N6OS. The van der Waals surface area contributed by atoms with Crippen LogP contribution in [-0.2, 0) is 4.79 Å². The molecule has 5 N–H and O–H groups in total. The van der Waals surface area contributed by atoms with Crippen LogP contribution in [-0.4, -0.2) is 52.7 Å². The highest BCUT2D eigenvalue weighted by Crippen LogP contribution is 2.16. The Morgan fingerprint density at radius 2 is 1.94 bits per heavy atom. The normalized spacial score (nSPS) is 15.7. The zero-order chi connectivity index (χ0) is 13.0. The first-order chi connectivity index (χ1) is 8.65. The summed E-state index contributed by atoms with van der Waals surface area (Å²) in [5.74, 6) is 1.04. The maximum absolute atomic E-state index is 11.9. The van der Waals surface area contributed by atoms with Crippen LogP contribution in [0.2, 0.25) is 0 Å². The average molecular weight is 268 g/mol. The Bertz CT molecular complexity index is 414. The molecule has 0 saturated carbocycles. The standard InChI is InChI=1S/C10H16N6OS/c11-7-5-8(12)15-10(14-7)18-6-9(17)16-3-1-13-2-4-16/h5,13H,1-4,6H2,(H4,11,12,14,15). The molecule has 1 fully saturated rings. The van der Waals surface area contributed by atoms with Crippen molar-refractivity contribution < 1.29 is 4.79 Å². The van der Waals surface area contributed by atoms with Crippen molar-refractivity contribution in [2.24, 2.45) is 0 Å². The van der Waals surface area contributed by atoms with Crippen LogP contribution in [0.5, 0.6) is 0 Å². The number of amides is 1. The fraction of sp³-hybridized carbons (Fsp3) is 0.500. The molecule has 98 valence electrons. The molecule has 0 aromatic carbocycles. The van der Waals surface area contributed by atoms with Gasteiger partial charge in [0.05, 0.1) is 5.75 Å². The second kappa shape index (κ2) is 5.87. The highest BCUT2D eigenvalue weighted by atomic mass is 32.2. The van der Waals surface area contributed by atoms with Crippen molar-refractivity contribution >= 4 is 29.3 Å². The average Bonchev–Trinajstić information content (AvgIpc) is 2.36. The number of nitrogens with zero attached hydrogens (tertiary/aromatic N) is 3. The van der Waals surface area contributed by atoms with E-state index in [2.05, 4.69) is 15.3 Å². The molecule has 1 aromatic rings. The highest BCUT2D eigenvalue weighted by molar-refractivity contribution is 7.99. The van der Waals surface area contributed by atoms with Crippen molar-refractivity contribution in [3.05, 3.63) is 6.07 Å². The van der Waals surface area contributed by atoms with Crippen LogP contribution in [0.3, 0.4) is 0 Å². The number of nitrogen functional groups attached to an aromatic ring is 2. The van der Waals surface area contributed by atoms with Crippen LogP contribution in [0.1, 0.15) is 0 Å². The van der Waals surface area contributed by atoms with E-state index in [1.54, 1.807) is 0 Å². The lowest BCUT2D eigenvalue weighted by atomic mass is 10.3. The van der Waals surface area contributed by atoms with Crippen molar-refractivity contribution in [1.82, 2.24) is 20.2 Å². The van der Waals surface area contributed by atoms with Gasteiger partial charge in [0, 0.05) is 32.2 Å². The molecule has 1 aromatic heterocycles. The summed E-state index contributed by atoms with van der Waals surface area (Å²) in [5.41, 5.74) is 11.1. The van der Waals surface area contributed by atoms with Crippen molar-refractivity contribution in [3.8, 4) is 0 Å². The fourth-order valence-electron chi connectivity index (χ4n) is 1.66. The topological polar surface area (TPSA) is 110 Å². The van der Waals surface area contributed by atoms with Crippen LogP contribution in [0.15, 0.2) is 11.2 Å². The molecule has 2 rings (SSSR count). The number of piperazine rings is 1. The van der Waals surface area contributed by atoms with Crippen LogP contribution in [0.4, 0.5) is 11.6 Å². The third-order valence-corrected chi connectivity index (χ3v) is 3.37. The fourth-order valence-corrected chi connectivity index (χ4v) is 2.43. The second-order valence-electron chi connectivity index (χ2n) is 3.92. The Morgan fingerprint density at radius 1 is 1.33 bits per heavy atom. The molecule has 1 aliphatic rings. The molecule has 1 aliphatic heterocycles. The van der Waals surface area contributed by atoms with Gasteiger partial charge in [-0.1, -0.05) is 11.8 Å². The van der Waals surface area contributed by atoms with Gasteiger partial charge in [0.1, 0.15) is 11.6 Å². The molecule has 7 nitrogen and oxygen atoms in total. The molecule has 0 radical (unpaired) electrons. The minimum atomic E-state index is 0.0890. The first-order valence-corrected chi connectivity index (χ1v) is 6.65. The van der Waals surface area contributed by atoms with Gasteiger partial charge >= 0.3 is 0 Å². The lowest BCUT2D eigenvalue weighted by Crippen LogP contribution is -2.47. The van der Waals surface area contributed by atoms with E-state index >= 15 is 0 Å². The molecule has 0 spiro atoms. The lowest BCUT2D eigenvalue weighted by Gasteiger charge is -2.27. The first kappa shape index (κ1) is 12.9. The van der Waals surface area contributed by atoms with Gasteiger partial charge in [-0.25, -0.2) is 9.97 Å². The van der Waals surface area contributed by atoms with Gasteiger partial charge in [-0.2, -0.15) is 0 Å². The summed E-state index contributed by atoms with van der Waals surface area (Å²) in [6.07, 6.45) is 0. The number of thioether (sulfide) groups is 1. The molecule has 8 heteroatoms. The van der Waals surface area contributed by atoms with E-state index in [0.717, 1.165) is 26.2 Å². The van der Waals surface area contributed by atoms with Crippen LogP contribution in [0.25, 0.3) is 0 Å². The maximum Gasteiger partial charge on any atom is 0.233 e. The monoisotopic (exact) mass is 268 g/mol. The van der Waals surface area contributed by atoms with E-state index in [4.69, 9.17) is 11.5 Å². The van der Waals surface area contributed by atoms with Gasteiger partial charge < -0.3 is 21.7 Å². The Kier molecular flexibility index (Phi) is 4.21. The molecule has 2 heterocycles. The largest absolute Gasteiger partial charge is 0.383 e. The molecular weight excluding hydrogens is 252 g/mol. The van der Waals surface area contributed by atoms with Gasteiger partial charge in [-0.05, 0) is 0 Å². The number of carbonyl (C=O) groups is 1. The smallest absolute Gasteiger partial charge is 0.233 e. The first-order valence-electron chi connectivity index (χ1n) is 5.66. The zero-order valence-corrected chi connectivity index (χ0v) is 10.7. The van der Waals surface area contributed by atoms with Crippen LogP contribution in [0, 0.1) is 0 Å². The highest BCUT2D eigenvalue weighted by Gasteiger charge is 2.16. The summed E-state index contributed by atoms with van der Waals surface area (Å²) in [6, 6.07) is 1.49. The Morgan fingerprint density at radius 3 is 2.56 bits per heavy atom.